The molecule has 0 bridgehead atoms. The third-order valence-electron chi connectivity index (χ3n) is 8.80. The maximum atomic E-state index is 14.3. The molecule has 46 heavy (non-hydrogen) atoms. The lowest BCUT2D eigenvalue weighted by molar-refractivity contribution is -0.0123. The molecule has 3 amide bonds. The van der Waals surface area contributed by atoms with Gasteiger partial charge in [-0.05, 0) is 75.6 Å². The van der Waals surface area contributed by atoms with Crippen molar-refractivity contribution in [2.24, 2.45) is 5.92 Å². The van der Waals surface area contributed by atoms with Crippen LogP contribution in [0.3, 0.4) is 0 Å². The number of carbonyl (C=O) groups excluding carboxylic acids is 2. The van der Waals surface area contributed by atoms with Crippen LogP contribution in [-0.4, -0.2) is 92.9 Å². The maximum absolute atomic E-state index is 14.3. The van der Waals surface area contributed by atoms with Gasteiger partial charge in [0, 0.05) is 44.4 Å². The van der Waals surface area contributed by atoms with Crippen molar-refractivity contribution in [3.05, 3.63) is 41.3 Å². The summed E-state index contributed by atoms with van der Waals surface area (Å²) in [4.78, 5) is 30.7. The summed E-state index contributed by atoms with van der Waals surface area (Å²) < 4.78 is 41.3. The first-order valence-corrected chi connectivity index (χ1v) is 18.8. The van der Waals surface area contributed by atoms with Crippen molar-refractivity contribution >= 4 is 39.0 Å². The van der Waals surface area contributed by atoms with Crippen molar-refractivity contribution in [2.45, 2.75) is 101 Å². The van der Waals surface area contributed by atoms with Crippen molar-refractivity contribution in [3.8, 4) is 5.75 Å². The summed E-state index contributed by atoms with van der Waals surface area (Å²) in [7, 11) is -2.07. The fourth-order valence-electron chi connectivity index (χ4n) is 5.96. The first-order chi connectivity index (χ1) is 22.0. The molecule has 2 aliphatic rings. The number of urea groups is 1. The van der Waals surface area contributed by atoms with Crippen LogP contribution in [0.5, 0.6) is 5.75 Å². The zero-order valence-electron chi connectivity index (χ0n) is 27.4. The molecule has 0 unspecified atom stereocenters. The summed E-state index contributed by atoms with van der Waals surface area (Å²) in [6.45, 7) is 6.51. The zero-order valence-corrected chi connectivity index (χ0v) is 29.1. The fourth-order valence-corrected chi connectivity index (χ4v) is 8.00. The summed E-state index contributed by atoms with van der Waals surface area (Å²) in [6, 6.07) is 7.41. The van der Waals surface area contributed by atoms with E-state index < -0.39 is 22.0 Å². The topological polar surface area (TPSA) is 138 Å². The number of aliphatic hydroxyl groups is 1. The Balaban J connectivity index is 1.60. The van der Waals surface area contributed by atoms with E-state index in [1.807, 2.05) is 13.8 Å². The Labute approximate surface area is 277 Å². The smallest absolute Gasteiger partial charge is 0.317 e. The Bertz CT molecular complexity index is 1380. The lowest BCUT2D eigenvalue weighted by atomic mass is 9.96. The Kier molecular flexibility index (Phi) is 13.1. The SMILES string of the molecule is C[C@@H]1CCCCO[C@H](CN(C)C(=O)NC2CCCCC2)[C@H](C)CN([C@H](C)CO)C(=O)c2cc(NS(=O)(=O)c3cccs3)ccc2O1. The van der Waals surface area contributed by atoms with Gasteiger partial charge in [0.05, 0.1) is 30.4 Å². The molecule has 4 atom stereocenters. The molecule has 13 heteroatoms. The van der Waals surface area contributed by atoms with Crippen LogP contribution in [0, 0.1) is 5.92 Å². The molecule has 1 aromatic carbocycles. The number of benzene rings is 1. The molecule has 0 saturated heterocycles. The van der Waals surface area contributed by atoms with E-state index in [-0.39, 0.29) is 58.8 Å². The molecule has 1 aliphatic heterocycles. The van der Waals surface area contributed by atoms with E-state index in [9.17, 15) is 23.1 Å². The number of hydrogen-bond acceptors (Lipinski definition) is 8. The zero-order chi connectivity index (χ0) is 33.3. The van der Waals surface area contributed by atoms with Gasteiger partial charge in [0.15, 0.2) is 0 Å². The van der Waals surface area contributed by atoms with Gasteiger partial charge in [-0.1, -0.05) is 32.3 Å². The Morgan fingerprint density at radius 1 is 1.13 bits per heavy atom. The summed E-state index contributed by atoms with van der Waals surface area (Å²) in [5, 5.41) is 15.0. The van der Waals surface area contributed by atoms with Crippen LogP contribution in [0.15, 0.2) is 39.9 Å². The number of hydrogen-bond donors (Lipinski definition) is 3. The predicted octanol–water partition coefficient (Wildman–Crippen LogP) is 5.32. The lowest BCUT2D eigenvalue weighted by Crippen LogP contribution is -2.50. The van der Waals surface area contributed by atoms with Crippen molar-refractivity contribution in [1.29, 1.82) is 0 Å². The highest BCUT2D eigenvalue weighted by molar-refractivity contribution is 7.94. The van der Waals surface area contributed by atoms with Gasteiger partial charge in [0.1, 0.15) is 9.96 Å². The van der Waals surface area contributed by atoms with Crippen molar-refractivity contribution in [1.82, 2.24) is 15.1 Å². The molecule has 0 radical (unpaired) electrons. The van der Waals surface area contributed by atoms with Gasteiger partial charge in [-0.15, -0.1) is 11.3 Å². The summed E-state index contributed by atoms with van der Waals surface area (Å²) in [5.74, 6) is -0.245. The number of anilines is 1. The van der Waals surface area contributed by atoms with Crippen LogP contribution in [0.25, 0.3) is 0 Å². The van der Waals surface area contributed by atoms with Crippen LogP contribution >= 0.6 is 11.3 Å². The van der Waals surface area contributed by atoms with E-state index in [0.29, 0.717) is 18.9 Å². The van der Waals surface area contributed by atoms with Crippen LogP contribution < -0.4 is 14.8 Å². The average molecular weight is 679 g/mol. The van der Waals surface area contributed by atoms with Crippen molar-refractivity contribution in [3.63, 3.8) is 0 Å². The number of nitrogens with one attached hydrogen (secondary N) is 2. The number of aliphatic hydroxyl groups excluding tert-OH is 1. The molecule has 256 valence electrons. The number of rotatable bonds is 8. The first-order valence-electron chi connectivity index (χ1n) is 16.4. The predicted molar refractivity (Wildman–Crippen MR) is 180 cm³/mol. The van der Waals surface area contributed by atoms with E-state index in [2.05, 4.69) is 10.0 Å². The number of nitrogens with zero attached hydrogens (tertiary/aromatic N) is 2. The first kappa shape index (κ1) is 36.0. The van der Waals surface area contributed by atoms with Crippen molar-refractivity contribution in [2.75, 3.05) is 38.1 Å². The van der Waals surface area contributed by atoms with Crippen molar-refractivity contribution < 1.29 is 32.6 Å². The number of ether oxygens (including phenoxy) is 2. The summed E-state index contributed by atoms with van der Waals surface area (Å²) in [5.41, 5.74) is 0.429. The molecule has 1 saturated carbocycles. The number of amides is 3. The molecule has 3 N–H and O–H groups in total. The largest absolute Gasteiger partial charge is 0.490 e. The molecule has 1 aliphatic carbocycles. The molecular weight excluding hydrogens is 629 g/mol. The second kappa shape index (κ2) is 16.8. The molecule has 2 aromatic rings. The second-order valence-electron chi connectivity index (χ2n) is 12.7. The number of fused-ring (bicyclic) bond motifs is 1. The van der Waals surface area contributed by atoms with Crippen LogP contribution in [0.4, 0.5) is 10.5 Å². The van der Waals surface area contributed by atoms with Crippen LogP contribution in [0.1, 0.15) is 82.5 Å². The number of carbonyl (C=O) groups is 2. The van der Waals surface area contributed by atoms with Gasteiger partial charge < -0.3 is 29.7 Å². The fraction of sp³-hybridized carbons (Fsp3) is 0.636. The van der Waals surface area contributed by atoms with Gasteiger partial charge in [0.2, 0.25) is 0 Å². The highest BCUT2D eigenvalue weighted by atomic mass is 32.2. The van der Waals surface area contributed by atoms with E-state index in [4.69, 9.17) is 9.47 Å². The van der Waals surface area contributed by atoms with Crippen LogP contribution in [-0.2, 0) is 14.8 Å². The minimum absolute atomic E-state index is 0.129. The van der Waals surface area contributed by atoms with Gasteiger partial charge >= 0.3 is 6.03 Å². The third-order valence-corrected chi connectivity index (χ3v) is 11.6. The van der Waals surface area contributed by atoms with E-state index >= 15 is 0 Å². The Hall–Kier alpha value is -2.87. The Morgan fingerprint density at radius 3 is 2.57 bits per heavy atom. The normalized spacial score (nSPS) is 23.0. The number of sulfonamides is 1. The molecule has 4 rings (SSSR count). The molecule has 0 spiro atoms. The van der Waals surface area contributed by atoms with Gasteiger partial charge in [-0.2, -0.15) is 0 Å². The summed E-state index contributed by atoms with van der Waals surface area (Å²) in [6.07, 6.45) is 7.25. The minimum Gasteiger partial charge on any atom is -0.490 e. The number of likely N-dealkylation sites (N-methyl/N-ethyl adjacent to an activating group) is 1. The highest BCUT2D eigenvalue weighted by Gasteiger charge is 2.31. The molecular formula is C33H50N4O7S2. The molecule has 2 heterocycles. The number of thiophene rings is 1. The quantitative estimate of drug-likeness (QED) is 0.344. The van der Waals surface area contributed by atoms with E-state index in [1.165, 1.54) is 18.6 Å². The molecule has 11 nitrogen and oxygen atoms in total. The molecule has 1 aromatic heterocycles. The van der Waals surface area contributed by atoms with Gasteiger partial charge in [-0.25, -0.2) is 13.2 Å². The third kappa shape index (κ3) is 9.82. The maximum Gasteiger partial charge on any atom is 0.317 e. The minimum atomic E-state index is -3.84. The van der Waals surface area contributed by atoms with E-state index in [1.54, 1.807) is 47.4 Å². The Morgan fingerprint density at radius 2 is 1.87 bits per heavy atom. The van der Waals surface area contributed by atoms with Gasteiger partial charge in [0.25, 0.3) is 15.9 Å². The average Bonchev–Trinajstić information content (AvgIpc) is 3.59. The molecule has 1 fully saturated rings. The monoisotopic (exact) mass is 678 g/mol. The van der Waals surface area contributed by atoms with Crippen LogP contribution in [0.2, 0.25) is 0 Å². The van der Waals surface area contributed by atoms with Gasteiger partial charge in [-0.3, -0.25) is 9.52 Å². The summed E-state index contributed by atoms with van der Waals surface area (Å²) >= 11 is 1.10. The standard InChI is InChI=1S/C33H50N4O7S2/c1-23-20-37(24(2)22-38)32(39)28-19-27(35-46(41,42)31-14-10-18-45-31)15-16-29(28)44-25(3)11-8-9-17-43-30(23)21-36(4)33(40)34-26-12-6-5-7-13-26/h10,14-16,18-19,23-26,30,35,38H,5-9,11-13,17,20-22H2,1-4H3,(H,34,40)/t23-,24-,25-,30-/m1/s1. The lowest BCUT2D eigenvalue weighted by Gasteiger charge is -2.36. The second-order valence-corrected chi connectivity index (χ2v) is 15.6. The highest BCUT2D eigenvalue weighted by Crippen LogP contribution is 2.30. The van der Waals surface area contributed by atoms with E-state index in [0.717, 1.165) is 56.3 Å².